The number of halogens is 2. The van der Waals surface area contributed by atoms with E-state index in [1.807, 2.05) is 0 Å². The fourth-order valence-corrected chi connectivity index (χ4v) is 2.64. The molecule has 3 rings (SSSR count). The molecule has 0 fully saturated rings. The van der Waals surface area contributed by atoms with E-state index in [-0.39, 0.29) is 16.9 Å². The number of hydrogen-bond acceptors (Lipinski definition) is 3. The Hall–Kier alpha value is -3.48. The average Bonchev–Trinajstić information content (AvgIpc) is 2.66. The van der Waals surface area contributed by atoms with Gasteiger partial charge in [-0.25, -0.2) is 8.78 Å². The normalized spacial score (nSPS) is 10.6. The highest BCUT2D eigenvalue weighted by Gasteiger charge is 2.16. The highest BCUT2D eigenvalue weighted by Crippen LogP contribution is 2.30. The van der Waals surface area contributed by atoms with E-state index in [9.17, 15) is 18.4 Å². The number of hydrogen-bond donors (Lipinski definition) is 2. The molecule has 1 amide bonds. The van der Waals surface area contributed by atoms with E-state index in [0.717, 1.165) is 0 Å². The molecule has 0 saturated carbocycles. The highest BCUT2D eigenvalue weighted by atomic mass is 19.1. The minimum Gasteiger partial charge on any atom is -0.456 e. The van der Waals surface area contributed by atoms with Gasteiger partial charge in [0.1, 0.15) is 24.0 Å². The molecule has 2 N–H and O–H groups in total. The van der Waals surface area contributed by atoms with Gasteiger partial charge in [-0.15, -0.1) is 0 Å². The van der Waals surface area contributed by atoms with E-state index in [2.05, 4.69) is 10.3 Å². The van der Waals surface area contributed by atoms with Crippen molar-refractivity contribution in [3.63, 3.8) is 0 Å². The summed E-state index contributed by atoms with van der Waals surface area (Å²) >= 11 is 0. The van der Waals surface area contributed by atoms with E-state index >= 15 is 0 Å². The molecule has 1 heterocycles. The van der Waals surface area contributed by atoms with Gasteiger partial charge in [-0.1, -0.05) is 6.07 Å². The van der Waals surface area contributed by atoms with E-state index < -0.39 is 18.4 Å². The number of carbonyl (C=O) groups excluding carboxylic acids is 1. The standard InChI is InChI=1S/C21H18F2N2O3/c1-12-7-15(23)4-6-18(12)28-19-8-14(10-22)3-5-16(19)21(27)25-17-9-20(26)24-11-13(17)2/h3-9,11H,10H2,1-2H3,(H2,24,25,26,27). The van der Waals surface area contributed by atoms with Crippen LogP contribution in [0.3, 0.4) is 0 Å². The monoisotopic (exact) mass is 384 g/mol. The topological polar surface area (TPSA) is 71.2 Å². The second-order valence-electron chi connectivity index (χ2n) is 6.32. The molecule has 3 aromatic rings. The van der Waals surface area contributed by atoms with Gasteiger partial charge < -0.3 is 15.0 Å². The quantitative estimate of drug-likeness (QED) is 0.673. The molecular weight excluding hydrogens is 366 g/mol. The van der Waals surface area contributed by atoms with Gasteiger partial charge in [0.05, 0.1) is 11.3 Å². The third-order valence-electron chi connectivity index (χ3n) is 4.18. The summed E-state index contributed by atoms with van der Waals surface area (Å²) in [6.07, 6.45) is 1.49. The van der Waals surface area contributed by atoms with Crippen LogP contribution in [0.4, 0.5) is 14.5 Å². The zero-order chi connectivity index (χ0) is 20.3. The van der Waals surface area contributed by atoms with Crippen molar-refractivity contribution in [3.8, 4) is 11.5 Å². The number of ether oxygens (including phenoxy) is 1. The van der Waals surface area contributed by atoms with Crippen LogP contribution < -0.4 is 15.6 Å². The number of anilines is 1. The summed E-state index contributed by atoms with van der Waals surface area (Å²) < 4.78 is 32.2. The molecule has 0 bridgehead atoms. The van der Waals surface area contributed by atoms with Crippen molar-refractivity contribution in [2.75, 3.05) is 5.32 Å². The Morgan fingerprint density at radius 3 is 2.57 bits per heavy atom. The molecule has 0 aliphatic heterocycles. The van der Waals surface area contributed by atoms with Crippen LogP contribution in [0.15, 0.2) is 53.5 Å². The number of aromatic nitrogens is 1. The molecule has 2 aromatic carbocycles. The minimum atomic E-state index is -0.728. The smallest absolute Gasteiger partial charge is 0.259 e. The van der Waals surface area contributed by atoms with Crippen molar-refractivity contribution in [2.24, 2.45) is 0 Å². The number of benzene rings is 2. The number of aromatic amines is 1. The molecule has 0 saturated heterocycles. The van der Waals surface area contributed by atoms with Gasteiger partial charge in [0.25, 0.3) is 5.91 Å². The fourth-order valence-electron chi connectivity index (χ4n) is 2.64. The summed E-state index contributed by atoms with van der Waals surface area (Å²) in [5.41, 5.74) is 1.69. The third kappa shape index (κ3) is 4.25. The molecule has 5 nitrogen and oxygen atoms in total. The maximum atomic E-state index is 13.3. The SMILES string of the molecule is Cc1c[nH]c(=O)cc1NC(=O)c1ccc(CF)cc1Oc1ccc(F)cc1C. The Labute approximate surface area is 160 Å². The number of H-pyrrole nitrogens is 1. The summed E-state index contributed by atoms with van der Waals surface area (Å²) in [6, 6.07) is 9.59. The van der Waals surface area contributed by atoms with Crippen molar-refractivity contribution >= 4 is 11.6 Å². The summed E-state index contributed by atoms with van der Waals surface area (Å²) in [6.45, 7) is 2.67. The number of aryl methyl sites for hydroxylation is 2. The number of alkyl halides is 1. The second-order valence-corrected chi connectivity index (χ2v) is 6.32. The van der Waals surface area contributed by atoms with E-state index in [4.69, 9.17) is 4.74 Å². The lowest BCUT2D eigenvalue weighted by Gasteiger charge is -2.14. The van der Waals surface area contributed by atoms with Gasteiger partial charge in [0, 0.05) is 12.3 Å². The minimum absolute atomic E-state index is 0.129. The molecule has 7 heteroatoms. The molecule has 0 atom stereocenters. The lowest BCUT2D eigenvalue weighted by molar-refractivity contribution is 0.102. The first kappa shape index (κ1) is 19.3. The van der Waals surface area contributed by atoms with Crippen molar-refractivity contribution in [1.82, 2.24) is 4.98 Å². The van der Waals surface area contributed by atoms with Crippen LogP contribution in [0.5, 0.6) is 11.5 Å². The Kier molecular flexibility index (Phi) is 5.54. The lowest BCUT2D eigenvalue weighted by atomic mass is 10.1. The first-order valence-corrected chi connectivity index (χ1v) is 8.51. The highest BCUT2D eigenvalue weighted by molar-refractivity contribution is 6.06. The first-order valence-electron chi connectivity index (χ1n) is 8.51. The van der Waals surface area contributed by atoms with Crippen LogP contribution in [0.2, 0.25) is 0 Å². The Balaban J connectivity index is 1.97. The lowest BCUT2D eigenvalue weighted by Crippen LogP contribution is -2.16. The summed E-state index contributed by atoms with van der Waals surface area (Å²) in [7, 11) is 0. The van der Waals surface area contributed by atoms with Crippen molar-refractivity contribution < 1.29 is 18.3 Å². The van der Waals surface area contributed by atoms with Gasteiger partial charge in [0.2, 0.25) is 5.56 Å². The van der Waals surface area contributed by atoms with E-state index in [0.29, 0.717) is 28.1 Å². The molecule has 0 radical (unpaired) electrons. The molecule has 0 aliphatic rings. The van der Waals surface area contributed by atoms with Gasteiger partial charge in [0.15, 0.2) is 0 Å². The molecule has 144 valence electrons. The van der Waals surface area contributed by atoms with Gasteiger partial charge >= 0.3 is 0 Å². The van der Waals surface area contributed by atoms with E-state index in [1.165, 1.54) is 48.7 Å². The molecule has 1 aromatic heterocycles. The number of nitrogens with one attached hydrogen (secondary N) is 2. The predicted octanol–water partition coefficient (Wildman–Crippen LogP) is 4.64. The maximum Gasteiger partial charge on any atom is 0.259 e. The Morgan fingerprint density at radius 2 is 1.86 bits per heavy atom. The molecule has 28 heavy (non-hydrogen) atoms. The van der Waals surface area contributed by atoms with Gasteiger partial charge in [-0.3, -0.25) is 9.59 Å². The van der Waals surface area contributed by atoms with Crippen LogP contribution in [-0.2, 0) is 6.67 Å². The van der Waals surface area contributed by atoms with Crippen LogP contribution in [-0.4, -0.2) is 10.9 Å². The zero-order valence-corrected chi connectivity index (χ0v) is 15.3. The number of amides is 1. The van der Waals surface area contributed by atoms with Crippen LogP contribution in [0.1, 0.15) is 27.0 Å². The number of rotatable bonds is 5. The summed E-state index contributed by atoms with van der Waals surface area (Å²) in [4.78, 5) is 26.8. The number of pyridine rings is 1. The Morgan fingerprint density at radius 1 is 1.07 bits per heavy atom. The fraction of sp³-hybridized carbons (Fsp3) is 0.143. The second kappa shape index (κ2) is 8.04. The summed E-state index contributed by atoms with van der Waals surface area (Å²) in [5.74, 6) is -0.456. The molecular formula is C21H18F2N2O3. The van der Waals surface area contributed by atoms with Crippen LogP contribution in [0, 0.1) is 19.7 Å². The van der Waals surface area contributed by atoms with Crippen molar-refractivity contribution in [1.29, 1.82) is 0 Å². The first-order chi connectivity index (χ1) is 13.4. The maximum absolute atomic E-state index is 13.3. The van der Waals surface area contributed by atoms with E-state index in [1.54, 1.807) is 13.8 Å². The Bertz CT molecular complexity index is 1090. The molecule has 0 unspecified atom stereocenters. The molecule has 0 aliphatic carbocycles. The predicted molar refractivity (Wildman–Crippen MR) is 102 cm³/mol. The van der Waals surface area contributed by atoms with Gasteiger partial charge in [-0.05, 0) is 60.9 Å². The summed E-state index contributed by atoms with van der Waals surface area (Å²) in [5, 5.41) is 2.66. The third-order valence-corrected chi connectivity index (χ3v) is 4.18. The zero-order valence-electron chi connectivity index (χ0n) is 15.3. The van der Waals surface area contributed by atoms with Crippen molar-refractivity contribution in [2.45, 2.75) is 20.5 Å². The number of carbonyl (C=O) groups is 1. The van der Waals surface area contributed by atoms with Crippen LogP contribution >= 0.6 is 0 Å². The van der Waals surface area contributed by atoms with Crippen LogP contribution in [0.25, 0.3) is 0 Å². The molecule has 0 spiro atoms. The largest absolute Gasteiger partial charge is 0.456 e. The average molecular weight is 384 g/mol. The van der Waals surface area contributed by atoms with Crippen molar-refractivity contribution in [3.05, 3.63) is 87.1 Å². The van der Waals surface area contributed by atoms with Gasteiger partial charge in [-0.2, -0.15) is 0 Å².